The third-order valence-electron chi connectivity index (χ3n) is 3.93. The molecular formula is C17H13N3O4S. The van der Waals surface area contributed by atoms with Crippen molar-refractivity contribution in [3.63, 3.8) is 0 Å². The van der Waals surface area contributed by atoms with Crippen molar-refractivity contribution in [3.8, 4) is 11.5 Å². The fourth-order valence-electron chi connectivity index (χ4n) is 2.54. The number of ether oxygens (including phenoxy) is 1. The van der Waals surface area contributed by atoms with E-state index in [2.05, 4.69) is 10.3 Å². The van der Waals surface area contributed by atoms with Gasteiger partial charge in [0.2, 0.25) is 11.9 Å². The van der Waals surface area contributed by atoms with Crippen molar-refractivity contribution in [2.45, 2.75) is 12.5 Å². The van der Waals surface area contributed by atoms with Gasteiger partial charge in [-0.25, -0.2) is 4.98 Å². The molecule has 0 saturated heterocycles. The molecule has 0 spiro atoms. The smallest absolute Gasteiger partial charge is 0.236 e. The van der Waals surface area contributed by atoms with Crippen LogP contribution in [0.5, 0.6) is 11.5 Å². The molecule has 1 fully saturated rings. The van der Waals surface area contributed by atoms with Crippen molar-refractivity contribution in [3.05, 3.63) is 58.6 Å². The van der Waals surface area contributed by atoms with Crippen molar-refractivity contribution >= 4 is 32.6 Å². The normalized spacial score (nSPS) is 18.7. The Kier molecular flexibility index (Phi) is 3.81. The van der Waals surface area contributed by atoms with Crippen LogP contribution in [0.3, 0.4) is 0 Å². The molecule has 4 rings (SSSR count). The summed E-state index contributed by atoms with van der Waals surface area (Å²) in [5.74, 6) is 0.510. The summed E-state index contributed by atoms with van der Waals surface area (Å²) < 4.78 is 6.65. The Balaban J connectivity index is 1.49. The first-order chi connectivity index (χ1) is 12.1. The van der Waals surface area contributed by atoms with Gasteiger partial charge in [-0.15, -0.1) is 0 Å². The zero-order valence-corrected chi connectivity index (χ0v) is 13.7. The number of aromatic nitrogens is 1. The fraction of sp³-hybridized carbons (Fsp3) is 0.176. The van der Waals surface area contributed by atoms with Gasteiger partial charge in [-0.1, -0.05) is 29.5 Å². The number of benzene rings is 2. The lowest BCUT2D eigenvalue weighted by molar-refractivity contribution is -0.497. The molecule has 1 aliphatic carbocycles. The Morgan fingerprint density at radius 1 is 1.24 bits per heavy atom. The second-order valence-corrected chi connectivity index (χ2v) is 6.78. The van der Waals surface area contributed by atoms with Crippen molar-refractivity contribution < 1.29 is 14.5 Å². The third-order valence-corrected chi connectivity index (χ3v) is 4.87. The predicted molar refractivity (Wildman–Crippen MR) is 93.7 cm³/mol. The highest BCUT2D eigenvalue weighted by molar-refractivity contribution is 7.22. The van der Waals surface area contributed by atoms with Crippen LogP contribution in [0, 0.1) is 16.0 Å². The summed E-state index contributed by atoms with van der Waals surface area (Å²) in [6, 6.07) is 14.1. The largest absolute Gasteiger partial charge is 0.457 e. The lowest BCUT2D eigenvalue weighted by atomic mass is 10.3. The van der Waals surface area contributed by atoms with Crippen molar-refractivity contribution in [1.82, 2.24) is 4.98 Å². The molecule has 0 bridgehead atoms. The monoisotopic (exact) mass is 355 g/mol. The van der Waals surface area contributed by atoms with Crippen molar-refractivity contribution in [1.29, 1.82) is 0 Å². The average molecular weight is 355 g/mol. The van der Waals surface area contributed by atoms with Gasteiger partial charge in [-0.3, -0.25) is 14.9 Å². The molecule has 1 aliphatic rings. The van der Waals surface area contributed by atoms with Gasteiger partial charge in [0.25, 0.3) is 0 Å². The summed E-state index contributed by atoms with van der Waals surface area (Å²) in [6.45, 7) is 0. The molecule has 7 nitrogen and oxygen atoms in total. The summed E-state index contributed by atoms with van der Waals surface area (Å²) in [4.78, 5) is 26.6. The highest BCUT2D eigenvalue weighted by atomic mass is 32.1. The van der Waals surface area contributed by atoms with E-state index in [4.69, 9.17) is 4.74 Å². The van der Waals surface area contributed by atoms with Crippen LogP contribution >= 0.6 is 11.3 Å². The second kappa shape index (κ2) is 6.14. The van der Waals surface area contributed by atoms with E-state index in [-0.39, 0.29) is 5.91 Å². The Bertz CT molecular complexity index is 957. The maximum Gasteiger partial charge on any atom is 0.236 e. The van der Waals surface area contributed by atoms with Gasteiger partial charge in [0.15, 0.2) is 5.13 Å². The number of nitrogens with one attached hydrogen (secondary N) is 1. The number of nitrogens with zero attached hydrogens (tertiary/aromatic N) is 2. The number of amides is 1. The standard InChI is InChI=1S/C17H13N3O4S/c21-16(12-9-14(12)20(22)23)19-17-18-13-7-6-11(8-15(13)25-17)24-10-4-2-1-3-5-10/h1-8,12,14H,9H2,(H,18,19,21). The van der Waals surface area contributed by atoms with Crippen molar-refractivity contribution in [2.24, 2.45) is 5.92 Å². The molecule has 8 heteroatoms. The molecule has 2 atom stereocenters. The molecule has 2 aromatic carbocycles. The summed E-state index contributed by atoms with van der Waals surface area (Å²) >= 11 is 1.31. The molecule has 1 aromatic heterocycles. The predicted octanol–water partition coefficient (Wildman–Crippen LogP) is 3.69. The first-order valence-corrected chi connectivity index (χ1v) is 8.49. The topological polar surface area (TPSA) is 94.4 Å². The molecule has 2 unspecified atom stereocenters. The number of nitro groups is 1. The lowest BCUT2D eigenvalue weighted by Gasteiger charge is -2.04. The van der Waals surface area contributed by atoms with E-state index in [1.54, 1.807) is 0 Å². The quantitative estimate of drug-likeness (QED) is 0.556. The first kappa shape index (κ1) is 15.5. The number of anilines is 1. The van der Waals surface area contributed by atoms with Crippen LogP contribution in [0.2, 0.25) is 0 Å². The lowest BCUT2D eigenvalue weighted by Crippen LogP contribution is -2.18. The highest BCUT2D eigenvalue weighted by Gasteiger charge is 2.53. The number of hydrogen-bond acceptors (Lipinski definition) is 6. The van der Waals surface area contributed by atoms with Crippen LogP contribution in [-0.4, -0.2) is 21.9 Å². The number of para-hydroxylation sites is 1. The van der Waals surface area contributed by atoms with E-state index >= 15 is 0 Å². The molecule has 126 valence electrons. The van der Waals surface area contributed by atoms with Crippen molar-refractivity contribution in [2.75, 3.05) is 5.32 Å². The van der Waals surface area contributed by atoms with Crippen LogP contribution in [0.15, 0.2) is 48.5 Å². The Morgan fingerprint density at radius 2 is 2.04 bits per heavy atom. The number of rotatable bonds is 5. The summed E-state index contributed by atoms with van der Waals surface area (Å²) in [5.41, 5.74) is 0.738. The number of thiazole rings is 1. The zero-order chi connectivity index (χ0) is 17.4. The zero-order valence-electron chi connectivity index (χ0n) is 12.9. The Morgan fingerprint density at radius 3 is 2.76 bits per heavy atom. The maximum absolute atomic E-state index is 12.0. The first-order valence-electron chi connectivity index (χ1n) is 7.68. The van der Waals surface area contributed by atoms with E-state index in [1.165, 1.54) is 11.3 Å². The number of carbonyl (C=O) groups is 1. The molecule has 3 aromatic rings. The van der Waals surface area contributed by atoms with Crippen LogP contribution in [-0.2, 0) is 4.79 Å². The number of fused-ring (bicyclic) bond motifs is 1. The second-order valence-electron chi connectivity index (χ2n) is 5.75. The summed E-state index contributed by atoms with van der Waals surface area (Å²) in [6.07, 6.45) is 0.290. The summed E-state index contributed by atoms with van der Waals surface area (Å²) in [7, 11) is 0. The Hall–Kier alpha value is -3.00. The fourth-order valence-corrected chi connectivity index (χ4v) is 3.44. The van der Waals surface area contributed by atoms with Crippen LogP contribution in [0.25, 0.3) is 10.2 Å². The van der Waals surface area contributed by atoms with E-state index in [1.807, 2.05) is 48.5 Å². The van der Waals surface area contributed by atoms with Gasteiger partial charge in [0.05, 0.1) is 10.2 Å². The number of carbonyl (C=O) groups excluding carboxylic acids is 1. The van der Waals surface area contributed by atoms with Gasteiger partial charge >= 0.3 is 0 Å². The van der Waals surface area contributed by atoms with Gasteiger partial charge in [0.1, 0.15) is 17.4 Å². The van der Waals surface area contributed by atoms with Crippen LogP contribution in [0.4, 0.5) is 5.13 Å². The third kappa shape index (κ3) is 3.29. The molecular weight excluding hydrogens is 342 g/mol. The maximum atomic E-state index is 12.0. The van der Waals surface area contributed by atoms with Crippen LogP contribution in [0.1, 0.15) is 6.42 Å². The molecule has 0 aliphatic heterocycles. The van der Waals surface area contributed by atoms with Gasteiger partial charge in [0, 0.05) is 17.4 Å². The average Bonchev–Trinajstić information content (AvgIpc) is 3.31. The van der Waals surface area contributed by atoms with Crippen LogP contribution < -0.4 is 10.1 Å². The molecule has 1 heterocycles. The van der Waals surface area contributed by atoms with E-state index in [0.29, 0.717) is 17.3 Å². The molecule has 1 saturated carbocycles. The minimum atomic E-state index is -0.764. The molecule has 25 heavy (non-hydrogen) atoms. The summed E-state index contributed by atoms with van der Waals surface area (Å²) in [5, 5.41) is 13.8. The van der Waals surface area contributed by atoms with E-state index in [0.717, 1.165) is 16.0 Å². The minimum Gasteiger partial charge on any atom is -0.457 e. The van der Waals surface area contributed by atoms with Gasteiger partial charge in [-0.05, 0) is 24.3 Å². The molecule has 1 amide bonds. The Labute approximate surface area is 146 Å². The van der Waals surface area contributed by atoms with Gasteiger partial charge in [-0.2, -0.15) is 0 Å². The number of hydrogen-bond donors (Lipinski definition) is 1. The SMILES string of the molecule is O=C(Nc1nc2ccc(Oc3ccccc3)cc2s1)C1CC1[N+](=O)[O-]. The van der Waals surface area contributed by atoms with Gasteiger partial charge < -0.3 is 10.1 Å². The van der Waals surface area contributed by atoms with E-state index in [9.17, 15) is 14.9 Å². The minimum absolute atomic E-state index is 0.290. The van der Waals surface area contributed by atoms with E-state index < -0.39 is 16.9 Å². The highest BCUT2D eigenvalue weighted by Crippen LogP contribution is 2.36. The molecule has 1 N–H and O–H groups in total. The molecule has 0 radical (unpaired) electrons.